The number of thiophene rings is 2. The SMILES string of the molecule is CCCCc1ccsc1-c1ccc(-c2sccc2CCCC)[te]1. The molecule has 0 saturated carbocycles. The molecule has 0 aromatic carbocycles. The summed E-state index contributed by atoms with van der Waals surface area (Å²) in [5.74, 6) is 0. The van der Waals surface area contributed by atoms with Crippen molar-refractivity contribution in [2.24, 2.45) is 0 Å². The van der Waals surface area contributed by atoms with Gasteiger partial charge in [0.2, 0.25) is 0 Å². The van der Waals surface area contributed by atoms with Crippen LogP contribution < -0.4 is 0 Å². The fraction of sp³-hybridized carbons (Fsp3) is 0.400. The van der Waals surface area contributed by atoms with Gasteiger partial charge < -0.3 is 0 Å². The van der Waals surface area contributed by atoms with Crippen LogP contribution in [-0.4, -0.2) is 20.4 Å². The van der Waals surface area contributed by atoms with E-state index in [-0.39, 0.29) is 20.4 Å². The third-order valence-electron chi connectivity index (χ3n) is 4.15. The number of rotatable bonds is 8. The fourth-order valence-corrected chi connectivity index (χ4v) is 8.68. The summed E-state index contributed by atoms with van der Waals surface area (Å²) >= 11 is 3.68. The quantitative estimate of drug-likeness (QED) is 0.324. The first-order valence-electron chi connectivity index (χ1n) is 8.56. The van der Waals surface area contributed by atoms with E-state index in [9.17, 15) is 0 Å². The van der Waals surface area contributed by atoms with Gasteiger partial charge in [-0.1, -0.05) is 0 Å². The Morgan fingerprint density at radius 1 is 0.739 bits per heavy atom. The van der Waals surface area contributed by atoms with Gasteiger partial charge in [-0.05, 0) is 0 Å². The first-order valence-corrected chi connectivity index (χ1v) is 12.7. The molecule has 3 rings (SSSR count). The Hall–Kier alpha value is -0.330. The maximum atomic E-state index is 2.42. The summed E-state index contributed by atoms with van der Waals surface area (Å²) in [6.07, 6.45) is 7.67. The summed E-state index contributed by atoms with van der Waals surface area (Å²) in [6, 6.07) is 9.53. The minimum atomic E-state index is -0.222. The number of aryl methyl sites for hydroxylation is 2. The minimum absolute atomic E-state index is 0.222. The zero-order valence-electron chi connectivity index (χ0n) is 13.9. The van der Waals surface area contributed by atoms with E-state index >= 15 is 0 Å². The predicted molar refractivity (Wildman–Crippen MR) is 107 cm³/mol. The van der Waals surface area contributed by atoms with E-state index in [4.69, 9.17) is 0 Å². The van der Waals surface area contributed by atoms with Gasteiger partial charge in [0, 0.05) is 0 Å². The van der Waals surface area contributed by atoms with Crippen LogP contribution in [0.3, 0.4) is 0 Å². The Kier molecular flexibility index (Phi) is 6.60. The van der Waals surface area contributed by atoms with Crippen LogP contribution in [0.5, 0.6) is 0 Å². The average Bonchev–Trinajstić information content (AvgIpc) is 3.29. The molecule has 0 radical (unpaired) electrons. The Morgan fingerprint density at radius 3 is 1.65 bits per heavy atom. The molecule has 0 bridgehead atoms. The number of unbranched alkanes of at least 4 members (excludes halogenated alkanes) is 2. The zero-order valence-corrected chi connectivity index (χ0v) is 17.9. The molecule has 3 heterocycles. The summed E-state index contributed by atoms with van der Waals surface area (Å²) < 4.78 is 3.31. The van der Waals surface area contributed by atoms with E-state index in [2.05, 4.69) is 48.9 Å². The average molecular weight is 456 g/mol. The standard InChI is InChI=1S/C20H24S2Te/c1-3-5-7-15-11-13-21-19(15)17-9-10-18(23-17)20-16(8-6-4-2)12-14-22-20/h9-14H,3-8H2,1-2H3. The van der Waals surface area contributed by atoms with Crippen molar-refractivity contribution >= 4 is 43.1 Å². The van der Waals surface area contributed by atoms with E-state index < -0.39 is 0 Å². The molecule has 3 aromatic heterocycles. The van der Waals surface area contributed by atoms with Crippen molar-refractivity contribution in [1.29, 1.82) is 0 Å². The van der Waals surface area contributed by atoms with Crippen molar-refractivity contribution in [2.45, 2.75) is 52.4 Å². The van der Waals surface area contributed by atoms with Gasteiger partial charge in [0.05, 0.1) is 0 Å². The molecular formula is C20H24S2Te. The van der Waals surface area contributed by atoms with Gasteiger partial charge in [0.25, 0.3) is 0 Å². The molecule has 0 spiro atoms. The number of hydrogen-bond donors (Lipinski definition) is 0. The molecule has 0 nitrogen and oxygen atoms in total. The van der Waals surface area contributed by atoms with Gasteiger partial charge >= 0.3 is 159 Å². The van der Waals surface area contributed by atoms with Gasteiger partial charge in [-0.3, -0.25) is 0 Å². The summed E-state index contributed by atoms with van der Waals surface area (Å²) in [5, 5.41) is 4.56. The Labute approximate surface area is 157 Å². The molecule has 0 saturated heterocycles. The fourth-order valence-electron chi connectivity index (χ4n) is 2.81. The molecule has 0 aliphatic rings. The van der Waals surface area contributed by atoms with Crippen LogP contribution in [0.4, 0.5) is 0 Å². The second kappa shape index (κ2) is 8.67. The van der Waals surface area contributed by atoms with E-state index in [1.165, 1.54) is 38.5 Å². The van der Waals surface area contributed by atoms with Crippen LogP contribution in [0.15, 0.2) is 35.0 Å². The van der Waals surface area contributed by atoms with Crippen molar-refractivity contribution < 1.29 is 0 Å². The van der Waals surface area contributed by atoms with Crippen molar-refractivity contribution in [3.63, 3.8) is 0 Å². The predicted octanol–water partition coefficient (Wildman–Crippen LogP) is 6.89. The van der Waals surface area contributed by atoms with Crippen LogP contribution in [0.25, 0.3) is 16.9 Å². The van der Waals surface area contributed by atoms with E-state index in [1.807, 2.05) is 22.7 Å². The summed E-state index contributed by atoms with van der Waals surface area (Å²) in [5.41, 5.74) is 3.17. The third kappa shape index (κ3) is 4.20. The normalized spacial score (nSPS) is 11.2. The monoisotopic (exact) mass is 458 g/mol. The number of hydrogen-bond acceptors (Lipinski definition) is 2. The van der Waals surface area contributed by atoms with Crippen LogP contribution in [0, 0.1) is 0 Å². The van der Waals surface area contributed by atoms with Gasteiger partial charge in [-0.2, -0.15) is 0 Å². The molecule has 0 amide bonds. The van der Waals surface area contributed by atoms with Crippen LogP contribution >= 0.6 is 22.7 Å². The van der Waals surface area contributed by atoms with Gasteiger partial charge in [0.1, 0.15) is 0 Å². The van der Waals surface area contributed by atoms with Crippen molar-refractivity contribution in [3.8, 4) is 16.9 Å². The second-order valence-corrected chi connectivity index (χ2v) is 10.8. The molecule has 0 N–H and O–H groups in total. The van der Waals surface area contributed by atoms with Crippen LogP contribution in [0.1, 0.15) is 50.7 Å². The molecule has 0 fully saturated rings. The molecule has 0 aliphatic heterocycles. The van der Waals surface area contributed by atoms with Crippen molar-refractivity contribution in [3.05, 3.63) is 46.2 Å². The molecule has 0 unspecified atom stereocenters. The molecule has 122 valence electrons. The molecule has 3 heteroatoms. The van der Waals surface area contributed by atoms with E-state index in [0.29, 0.717) is 0 Å². The Morgan fingerprint density at radius 2 is 1.22 bits per heavy atom. The first kappa shape index (κ1) is 17.5. The van der Waals surface area contributed by atoms with Crippen LogP contribution in [-0.2, 0) is 12.8 Å². The van der Waals surface area contributed by atoms with E-state index in [1.54, 1.807) is 28.0 Å². The Balaban J connectivity index is 1.84. The summed E-state index contributed by atoms with van der Waals surface area (Å²) in [4.78, 5) is 3.16. The van der Waals surface area contributed by atoms with Gasteiger partial charge in [-0.15, -0.1) is 0 Å². The van der Waals surface area contributed by atoms with Crippen LogP contribution in [0.2, 0.25) is 0 Å². The molecule has 23 heavy (non-hydrogen) atoms. The van der Waals surface area contributed by atoms with Crippen molar-refractivity contribution in [1.82, 2.24) is 0 Å². The summed E-state index contributed by atoms with van der Waals surface area (Å²) in [7, 11) is 0. The Bertz CT molecular complexity index is 672. The van der Waals surface area contributed by atoms with Gasteiger partial charge in [-0.25, -0.2) is 0 Å². The van der Waals surface area contributed by atoms with E-state index in [0.717, 1.165) is 0 Å². The molecular weight excluding hydrogens is 432 g/mol. The van der Waals surface area contributed by atoms with Gasteiger partial charge in [0.15, 0.2) is 0 Å². The third-order valence-corrected chi connectivity index (χ3v) is 10.1. The zero-order chi connectivity index (χ0) is 16.1. The molecule has 0 atom stereocenters. The van der Waals surface area contributed by atoms with Crippen molar-refractivity contribution in [2.75, 3.05) is 0 Å². The second-order valence-electron chi connectivity index (χ2n) is 5.92. The maximum absolute atomic E-state index is 2.42. The molecule has 0 aliphatic carbocycles. The topological polar surface area (TPSA) is 0 Å². The summed E-state index contributed by atoms with van der Waals surface area (Å²) in [6.45, 7) is 4.56. The first-order chi connectivity index (χ1) is 11.3. The molecule has 3 aromatic rings.